The van der Waals surface area contributed by atoms with E-state index in [1.54, 1.807) is 0 Å². The van der Waals surface area contributed by atoms with Crippen LogP contribution in [0.2, 0.25) is 0 Å². The molecule has 9 heavy (non-hydrogen) atoms. The maximum atomic E-state index is 10.2. The Morgan fingerprint density at radius 3 is 2.33 bits per heavy atom. The van der Waals surface area contributed by atoms with Gasteiger partial charge in [0.05, 0.1) is 0 Å². The van der Waals surface area contributed by atoms with Gasteiger partial charge in [-0.15, -0.1) is 0 Å². The van der Waals surface area contributed by atoms with Crippen LogP contribution >= 0.6 is 0 Å². The molecule has 2 aliphatic rings. The lowest BCUT2D eigenvalue weighted by Gasteiger charge is -1.86. The minimum absolute atomic E-state index is 0.458. The van der Waals surface area contributed by atoms with Crippen LogP contribution < -0.4 is 0 Å². The number of carbonyl (C=O) groups excluding carboxylic acids is 1. The molecule has 0 aromatic heterocycles. The molecule has 1 heteroatoms. The molecule has 4 atom stereocenters. The summed E-state index contributed by atoms with van der Waals surface area (Å²) in [4.78, 5) is 10.2. The zero-order valence-corrected chi connectivity index (χ0v) is 5.71. The van der Waals surface area contributed by atoms with E-state index in [0.717, 1.165) is 24.0 Å². The Morgan fingerprint density at radius 1 is 1.33 bits per heavy atom. The zero-order valence-electron chi connectivity index (χ0n) is 5.71. The molecule has 2 aliphatic carbocycles. The van der Waals surface area contributed by atoms with Crippen LogP contribution in [-0.4, -0.2) is 6.29 Å². The average molecular weight is 124 g/mol. The molecule has 0 heterocycles. The van der Waals surface area contributed by atoms with Gasteiger partial charge in [0, 0.05) is 5.92 Å². The highest BCUT2D eigenvalue weighted by atomic mass is 16.1. The van der Waals surface area contributed by atoms with Gasteiger partial charge in [-0.25, -0.2) is 0 Å². The van der Waals surface area contributed by atoms with Crippen molar-refractivity contribution in [1.29, 1.82) is 0 Å². The first kappa shape index (κ1) is 5.45. The predicted octanol–water partition coefficient (Wildman–Crippen LogP) is 1.48. The second kappa shape index (κ2) is 1.59. The molecule has 0 bridgehead atoms. The van der Waals surface area contributed by atoms with Gasteiger partial charge in [-0.3, -0.25) is 0 Å². The first-order chi connectivity index (χ1) is 4.33. The smallest absolute Gasteiger partial charge is 0.123 e. The first-order valence-electron chi connectivity index (χ1n) is 3.78. The van der Waals surface area contributed by atoms with Crippen LogP contribution in [0.3, 0.4) is 0 Å². The van der Waals surface area contributed by atoms with Gasteiger partial charge in [-0.2, -0.15) is 0 Å². The zero-order chi connectivity index (χ0) is 6.43. The highest BCUT2D eigenvalue weighted by Gasteiger charge is 2.51. The van der Waals surface area contributed by atoms with Crippen molar-refractivity contribution in [3.63, 3.8) is 0 Å². The van der Waals surface area contributed by atoms with E-state index in [1.165, 1.54) is 12.8 Å². The standard InChI is InChI=1S/C8H12O/c1-5-2-7(5)8-3-6(8)4-9/h4-8H,2-3H2,1H3/t5-,6+,7+,8-/m1/s1. The van der Waals surface area contributed by atoms with Gasteiger partial charge in [0.25, 0.3) is 0 Å². The Morgan fingerprint density at radius 2 is 2.00 bits per heavy atom. The number of carbonyl (C=O) groups is 1. The highest BCUT2D eigenvalue weighted by Crippen LogP contribution is 2.56. The molecule has 0 unspecified atom stereocenters. The summed E-state index contributed by atoms with van der Waals surface area (Å²) in [6.45, 7) is 2.28. The van der Waals surface area contributed by atoms with E-state index >= 15 is 0 Å². The topological polar surface area (TPSA) is 17.1 Å². The summed E-state index contributed by atoms with van der Waals surface area (Å²) >= 11 is 0. The summed E-state index contributed by atoms with van der Waals surface area (Å²) < 4.78 is 0. The molecular weight excluding hydrogens is 112 g/mol. The fourth-order valence-corrected chi connectivity index (χ4v) is 1.83. The third-order valence-electron chi connectivity index (χ3n) is 2.79. The lowest BCUT2D eigenvalue weighted by atomic mass is 10.2. The van der Waals surface area contributed by atoms with Crippen LogP contribution in [0.1, 0.15) is 19.8 Å². The van der Waals surface area contributed by atoms with Crippen molar-refractivity contribution in [2.24, 2.45) is 23.7 Å². The third kappa shape index (κ3) is 0.790. The molecule has 0 N–H and O–H groups in total. The molecule has 0 saturated heterocycles. The van der Waals surface area contributed by atoms with Crippen molar-refractivity contribution >= 4 is 6.29 Å². The number of rotatable bonds is 2. The van der Waals surface area contributed by atoms with E-state index in [-0.39, 0.29) is 0 Å². The fraction of sp³-hybridized carbons (Fsp3) is 0.875. The molecule has 0 spiro atoms. The van der Waals surface area contributed by atoms with Crippen LogP contribution in [0.25, 0.3) is 0 Å². The second-order valence-corrected chi connectivity index (χ2v) is 3.58. The lowest BCUT2D eigenvalue weighted by molar-refractivity contribution is -0.109. The van der Waals surface area contributed by atoms with E-state index in [9.17, 15) is 4.79 Å². The van der Waals surface area contributed by atoms with E-state index in [2.05, 4.69) is 6.92 Å². The molecule has 0 aromatic rings. The van der Waals surface area contributed by atoms with Gasteiger partial charge in [-0.1, -0.05) is 6.92 Å². The maximum Gasteiger partial charge on any atom is 0.123 e. The van der Waals surface area contributed by atoms with Gasteiger partial charge >= 0.3 is 0 Å². The fourth-order valence-electron chi connectivity index (χ4n) is 1.83. The molecule has 2 fully saturated rings. The molecule has 0 aliphatic heterocycles. The van der Waals surface area contributed by atoms with Gasteiger partial charge in [0.1, 0.15) is 6.29 Å². The molecule has 2 saturated carbocycles. The van der Waals surface area contributed by atoms with Gasteiger partial charge in [-0.05, 0) is 30.6 Å². The van der Waals surface area contributed by atoms with E-state index in [4.69, 9.17) is 0 Å². The predicted molar refractivity (Wildman–Crippen MR) is 34.9 cm³/mol. The van der Waals surface area contributed by atoms with E-state index in [0.29, 0.717) is 5.92 Å². The molecule has 0 radical (unpaired) electrons. The highest BCUT2D eigenvalue weighted by molar-refractivity contribution is 5.58. The molecule has 0 aromatic carbocycles. The maximum absolute atomic E-state index is 10.2. The Hall–Kier alpha value is -0.330. The summed E-state index contributed by atoms with van der Waals surface area (Å²) in [6, 6.07) is 0. The third-order valence-corrected chi connectivity index (χ3v) is 2.79. The van der Waals surface area contributed by atoms with Crippen molar-refractivity contribution < 1.29 is 4.79 Å². The summed E-state index contributed by atoms with van der Waals surface area (Å²) in [5, 5.41) is 0. The van der Waals surface area contributed by atoms with Crippen molar-refractivity contribution in [3.8, 4) is 0 Å². The van der Waals surface area contributed by atoms with Crippen LogP contribution in [0.5, 0.6) is 0 Å². The molecule has 0 amide bonds. The number of aldehydes is 1. The van der Waals surface area contributed by atoms with Gasteiger partial charge < -0.3 is 4.79 Å². The van der Waals surface area contributed by atoms with Crippen molar-refractivity contribution in [3.05, 3.63) is 0 Å². The average Bonchev–Trinajstić information content (AvgIpc) is 2.61. The van der Waals surface area contributed by atoms with Crippen LogP contribution in [-0.2, 0) is 4.79 Å². The quantitative estimate of drug-likeness (QED) is 0.509. The minimum atomic E-state index is 0.458. The number of hydrogen-bond acceptors (Lipinski definition) is 1. The van der Waals surface area contributed by atoms with Gasteiger partial charge in [0.15, 0.2) is 0 Å². The molecule has 2 rings (SSSR count). The summed E-state index contributed by atoms with van der Waals surface area (Å²) in [5.74, 6) is 3.12. The Kier molecular flexibility index (Phi) is 0.961. The lowest BCUT2D eigenvalue weighted by Crippen LogP contribution is -1.86. The Labute approximate surface area is 55.4 Å². The van der Waals surface area contributed by atoms with Crippen molar-refractivity contribution in [2.75, 3.05) is 0 Å². The monoisotopic (exact) mass is 124 g/mol. The van der Waals surface area contributed by atoms with Crippen LogP contribution in [0.4, 0.5) is 0 Å². The molecule has 1 nitrogen and oxygen atoms in total. The van der Waals surface area contributed by atoms with Crippen molar-refractivity contribution in [1.82, 2.24) is 0 Å². The second-order valence-electron chi connectivity index (χ2n) is 3.58. The van der Waals surface area contributed by atoms with E-state index in [1.807, 2.05) is 0 Å². The SMILES string of the molecule is C[C@@H]1C[C@@H]1[C@@H]1C[C@H]1C=O. The van der Waals surface area contributed by atoms with Crippen LogP contribution in [0, 0.1) is 23.7 Å². The van der Waals surface area contributed by atoms with Crippen molar-refractivity contribution in [2.45, 2.75) is 19.8 Å². The number of hydrogen-bond donors (Lipinski definition) is 0. The largest absolute Gasteiger partial charge is 0.303 e. The van der Waals surface area contributed by atoms with Crippen LogP contribution in [0.15, 0.2) is 0 Å². The summed E-state index contributed by atoms with van der Waals surface area (Å²) in [5.41, 5.74) is 0. The normalized spacial score (nSPS) is 54.8. The summed E-state index contributed by atoms with van der Waals surface area (Å²) in [7, 11) is 0. The minimum Gasteiger partial charge on any atom is -0.303 e. The van der Waals surface area contributed by atoms with Gasteiger partial charge in [0.2, 0.25) is 0 Å². The van der Waals surface area contributed by atoms with E-state index < -0.39 is 0 Å². The first-order valence-corrected chi connectivity index (χ1v) is 3.78. The molecular formula is C8H12O. The summed E-state index contributed by atoms with van der Waals surface area (Å²) in [6.07, 6.45) is 3.71. The Balaban J connectivity index is 1.84. The molecule has 50 valence electrons. The Bertz CT molecular complexity index is 142.